The molecule has 11 heavy (non-hydrogen) atoms. The summed E-state index contributed by atoms with van der Waals surface area (Å²) < 4.78 is 0. The van der Waals surface area contributed by atoms with Gasteiger partial charge in [-0.3, -0.25) is 0 Å². The molecule has 0 saturated carbocycles. The normalized spacial score (nSPS) is 14.4. The lowest BCUT2D eigenvalue weighted by atomic mass is 10.0. The molecule has 0 nitrogen and oxygen atoms in total. The molecule has 0 atom stereocenters. The first-order chi connectivity index (χ1) is 5.06. The molecule has 0 aromatic heterocycles. The van der Waals surface area contributed by atoms with Crippen LogP contribution in [0.1, 0.15) is 41.0 Å². The van der Waals surface area contributed by atoms with Crippen LogP contribution in [0.15, 0.2) is 23.3 Å². The predicted octanol–water partition coefficient (Wildman–Crippen LogP) is 3.95. The Balaban J connectivity index is 4.01. The second-order valence-electron chi connectivity index (χ2n) is 3.62. The summed E-state index contributed by atoms with van der Waals surface area (Å²) in [5.74, 6) is 0.774. The highest BCUT2D eigenvalue weighted by Gasteiger charge is 1.94. The Bertz CT molecular complexity index is 159. The smallest absolute Gasteiger partial charge is 0.0297 e. The zero-order valence-electron chi connectivity index (χ0n) is 8.44. The molecule has 0 aliphatic heterocycles. The van der Waals surface area contributed by atoms with Gasteiger partial charge < -0.3 is 0 Å². The molecule has 0 saturated heterocycles. The van der Waals surface area contributed by atoms with Crippen molar-refractivity contribution in [2.75, 3.05) is 0 Å². The highest BCUT2D eigenvalue weighted by Crippen LogP contribution is 2.11. The van der Waals surface area contributed by atoms with Crippen molar-refractivity contribution in [2.24, 2.45) is 5.92 Å². The van der Waals surface area contributed by atoms with E-state index in [0.29, 0.717) is 0 Å². The summed E-state index contributed by atoms with van der Waals surface area (Å²) in [7, 11) is 0. The average Bonchev–Trinajstić information content (AvgIpc) is 1.85. The van der Waals surface area contributed by atoms with Crippen molar-refractivity contribution in [1.82, 2.24) is 0 Å². The summed E-state index contributed by atoms with van der Waals surface area (Å²) in [6.45, 7) is 10.9. The van der Waals surface area contributed by atoms with Gasteiger partial charge in [0.05, 0.1) is 0 Å². The van der Waals surface area contributed by atoms with Gasteiger partial charge in [0.25, 0.3) is 0 Å². The number of hydrogen-bond acceptors (Lipinski definition) is 0. The third-order valence-corrected chi connectivity index (χ3v) is 1.66. The highest BCUT2D eigenvalue weighted by atomic mass is 14.0. The molecule has 0 aliphatic carbocycles. The maximum atomic E-state index is 2.26. The van der Waals surface area contributed by atoms with Crippen LogP contribution in [0.25, 0.3) is 0 Å². The van der Waals surface area contributed by atoms with Gasteiger partial charge in [-0.05, 0) is 33.1 Å². The van der Waals surface area contributed by atoms with E-state index >= 15 is 0 Å². The monoisotopic (exact) mass is 152 g/mol. The molecule has 0 amide bonds. The van der Waals surface area contributed by atoms with Crippen molar-refractivity contribution >= 4 is 0 Å². The van der Waals surface area contributed by atoms with E-state index in [1.165, 1.54) is 17.6 Å². The minimum absolute atomic E-state index is 0.774. The van der Waals surface area contributed by atoms with E-state index in [9.17, 15) is 0 Å². The van der Waals surface area contributed by atoms with Gasteiger partial charge in [0, 0.05) is 0 Å². The fourth-order valence-electron chi connectivity index (χ4n) is 1.17. The third-order valence-electron chi connectivity index (χ3n) is 1.66. The van der Waals surface area contributed by atoms with Crippen molar-refractivity contribution in [1.29, 1.82) is 0 Å². The lowest BCUT2D eigenvalue weighted by molar-refractivity contribution is 0.642. The van der Waals surface area contributed by atoms with E-state index in [1.54, 1.807) is 0 Å². The Kier molecular flexibility index (Phi) is 4.93. The van der Waals surface area contributed by atoms with Crippen molar-refractivity contribution in [3.63, 3.8) is 0 Å². The first-order valence-electron chi connectivity index (χ1n) is 4.36. The van der Waals surface area contributed by atoms with Gasteiger partial charge in [0.15, 0.2) is 0 Å². The van der Waals surface area contributed by atoms with Gasteiger partial charge in [0.2, 0.25) is 0 Å². The molecule has 0 radical (unpaired) electrons. The molecule has 64 valence electrons. The van der Waals surface area contributed by atoms with E-state index in [1.807, 2.05) is 0 Å². The molecule has 0 N–H and O–H groups in total. The number of allylic oxidation sites excluding steroid dienone is 4. The predicted molar refractivity (Wildman–Crippen MR) is 52.6 cm³/mol. The van der Waals surface area contributed by atoms with E-state index in [4.69, 9.17) is 0 Å². The van der Waals surface area contributed by atoms with E-state index in [0.717, 1.165) is 5.92 Å². The Hall–Kier alpha value is -0.520. The summed E-state index contributed by atoms with van der Waals surface area (Å²) in [5, 5.41) is 0. The van der Waals surface area contributed by atoms with Gasteiger partial charge in [-0.25, -0.2) is 0 Å². The van der Waals surface area contributed by atoms with E-state index in [2.05, 4.69) is 46.8 Å². The lowest BCUT2D eigenvalue weighted by Crippen LogP contribution is -1.87. The van der Waals surface area contributed by atoms with E-state index in [-0.39, 0.29) is 0 Å². The van der Waals surface area contributed by atoms with Crippen LogP contribution < -0.4 is 0 Å². The molecular weight excluding hydrogens is 132 g/mol. The maximum Gasteiger partial charge on any atom is -0.0297 e. The Morgan fingerprint density at radius 2 is 1.82 bits per heavy atom. The van der Waals surface area contributed by atoms with Crippen LogP contribution in [0.4, 0.5) is 0 Å². The molecular formula is C11H20. The minimum Gasteiger partial charge on any atom is -0.0847 e. The summed E-state index contributed by atoms with van der Waals surface area (Å²) in [6.07, 6.45) is 5.62. The van der Waals surface area contributed by atoms with Crippen molar-refractivity contribution in [3.8, 4) is 0 Å². The van der Waals surface area contributed by atoms with Crippen LogP contribution >= 0.6 is 0 Å². The van der Waals surface area contributed by atoms with Crippen LogP contribution in [0.2, 0.25) is 0 Å². The average molecular weight is 152 g/mol. The van der Waals surface area contributed by atoms with Gasteiger partial charge in [-0.1, -0.05) is 37.1 Å². The first-order valence-corrected chi connectivity index (χ1v) is 4.36. The van der Waals surface area contributed by atoms with Gasteiger partial charge >= 0.3 is 0 Å². The number of rotatable bonds is 3. The molecule has 0 aromatic rings. The molecule has 0 unspecified atom stereocenters. The zero-order valence-corrected chi connectivity index (χ0v) is 8.44. The van der Waals surface area contributed by atoms with Gasteiger partial charge in [0.1, 0.15) is 0 Å². The SMILES string of the molecule is C/C=C(C)/C=C(/C)CC(C)C. The molecule has 0 spiro atoms. The van der Waals surface area contributed by atoms with E-state index < -0.39 is 0 Å². The first kappa shape index (κ1) is 10.5. The second-order valence-corrected chi connectivity index (χ2v) is 3.62. The molecule has 0 bridgehead atoms. The summed E-state index contributed by atoms with van der Waals surface area (Å²) in [6, 6.07) is 0. The standard InChI is InChI=1S/C11H20/c1-6-10(4)8-11(5)7-9(2)3/h6,8-9H,7H2,1-5H3/b10-6+,11-8-. The van der Waals surface area contributed by atoms with Crippen LogP contribution in [-0.2, 0) is 0 Å². The Morgan fingerprint density at radius 3 is 2.18 bits per heavy atom. The molecule has 0 heterocycles. The quantitative estimate of drug-likeness (QED) is 0.537. The fourth-order valence-corrected chi connectivity index (χ4v) is 1.17. The van der Waals surface area contributed by atoms with Gasteiger partial charge in [-0.2, -0.15) is 0 Å². The van der Waals surface area contributed by atoms with Crippen LogP contribution in [0.5, 0.6) is 0 Å². The molecule has 0 aliphatic rings. The van der Waals surface area contributed by atoms with Crippen LogP contribution in [-0.4, -0.2) is 0 Å². The number of hydrogen-bond donors (Lipinski definition) is 0. The second kappa shape index (κ2) is 5.17. The van der Waals surface area contributed by atoms with Crippen LogP contribution in [0, 0.1) is 5.92 Å². The Labute approximate surface area is 71.0 Å². The van der Waals surface area contributed by atoms with Crippen molar-refractivity contribution in [2.45, 2.75) is 41.0 Å². The summed E-state index contributed by atoms with van der Waals surface area (Å²) in [4.78, 5) is 0. The highest BCUT2D eigenvalue weighted by molar-refractivity contribution is 5.19. The molecule has 0 rings (SSSR count). The summed E-state index contributed by atoms with van der Waals surface area (Å²) >= 11 is 0. The van der Waals surface area contributed by atoms with Crippen LogP contribution in [0.3, 0.4) is 0 Å². The largest absolute Gasteiger partial charge is 0.0847 e. The molecule has 0 heteroatoms. The molecule has 0 fully saturated rings. The molecule has 0 aromatic carbocycles. The van der Waals surface area contributed by atoms with Crippen molar-refractivity contribution in [3.05, 3.63) is 23.3 Å². The van der Waals surface area contributed by atoms with Gasteiger partial charge in [-0.15, -0.1) is 0 Å². The fraction of sp³-hybridized carbons (Fsp3) is 0.636. The maximum absolute atomic E-state index is 2.26. The minimum atomic E-state index is 0.774. The summed E-state index contributed by atoms with van der Waals surface area (Å²) in [5.41, 5.74) is 2.85. The Morgan fingerprint density at radius 1 is 1.27 bits per heavy atom. The topological polar surface area (TPSA) is 0 Å². The lowest BCUT2D eigenvalue weighted by Gasteiger charge is -2.04. The van der Waals surface area contributed by atoms with Crippen molar-refractivity contribution < 1.29 is 0 Å². The zero-order chi connectivity index (χ0) is 8.85. The third kappa shape index (κ3) is 5.90.